The van der Waals surface area contributed by atoms with Gasteiger partial charge in [-0.1, -0.05) is 43.7 Å². The van der Waals surface area contributed by atoms with E-state index < -0.39 is 0 Å². The Morgan fingerprint density at radius 3 is 2.28 bits per heavy atom. The number of hydrogen-bond acceptors (Lipinski definition) is 2. The van der Waals surface area contributed by atoms with E-state index in [0.29, 0.717) is 5.92 Å². The third kappa shape index (κ3) is 2.82. The molecule has 4 saturated carbocycles. The molecule has 2 nitrogen and oxygen atoms in total. The molecule has 0 radical (unpaired) electrons. The lowest BCUT2D eigenvalue weighted by atomic mass is 9.54. The fourth-order valence-corrected chi connectivity index (χ4v) is 6.70. The van der Waals surface area contributed by atoms with Gasteiger partial charge in [-0.2, -0.15) is 5.10 Å². The second-order valence-electron chi connectivity index (χ2n) is 9.20. The molecular formula is C23H32N2. The Labute approximate surface area is 152 Å². The molecule has 0 aromatic heterocycles. The average molecular weight is 337 g/mol. The second kappa shape index (κ2) is 6.45. The molecule has 4 fully saturated rings. The van der Waals surface area contributed by atoms with E-state index >= 15 is 0 Å². The third-order valence-corrected chi connectivity index (χ3v) is 7.54. The van der Waals surface area contributed by atoms with E-state index in [9.17, 15) is 0 Å². The van der Waals surface area contributed by atoms with Crippen LogP contribution < -0.4 is 0 Å². The van der Waals surface area contributed by atoms with Gasteiger partial charge in [0.15, 0.2) is 0 Å². The molecule has 1 aromatic rings. The Morgan fingerprint density at radius 1 is 0.960 bits per heavy atom. The summed E-state index contributed by atoms with van der Waals surface area (Å²) in [5.41, 5.74) is 2.94. The van der Waals surface area contributed by atoms with Gasteiger partial charge in [-0.3, -0.25) is 5.01 Å². The van der Waals surface area contributed by atoms with Crippen LogP contribution in [0.2, 0.25) is 0 Å². The smallest absolute Gasteiger partial charge is 0.0527 e. The first-order chi connectivity index (χ1) is 12.3. The lowest BCUT2D eigenvalue weighted by Crippen LogP contribution is -2.54. The van der Waals surface area contributed by atoms with Crippen LogP contribution in [0.3, 0.4) is 0 Å². The summed E-state index contributed by atoms with van der Waals surface area (Å²) in [4.78, 5) is 0. The fraction of sp³-hybridized carbons (Fsp3) is 0.696. The van der Waals surface area contributed by atoms with Crippen molar-refractivity contribution in [1.82, 2.24) is 5.01 Å². The summed E-state index contributed by atoms with van der Waals surface area (Å²) in [5, 5.41) is 7.86. The van der Waals surface area contributed by atoms with Crippen LogP contribution in [0, 0.1) is 23.7 Å². The van der Waals surface area contributed by atoms with Gasteiger partial charge in [-0.15, -0.1) is 0 Å². The first-order valence-electron chi connectivity index (χ1n) is 10.7. The molecule has 6 rings (SSSR count). The highest BCUT2D eigenvalue weighted by Gasteiger charge is 2.51. The quantitative estimate of drug-likeness (QED) is 0.697. The van der Waals surface area contributed by atoms with Crippen LogP contribution in [0.5, 0.6) is 0 Å². The molecular weight excluding hydrogens is 304 g/mol. The highest BCUT2D eigenvalue weighted by Crippen LogP contribution is 2.55. The topological polar surface area (TPSA) is 15.6 Å². The monoisotopic (exact) mass is 336 g/mol. The molecule has 1 aromatic carbocycles. The number of hydrazone groups is 1. The van der Waals surface area contributed by atoms with Gasteiger partial charge in [0.2, 0.25) is 0 Å². The second-order valence-corrected chi connectivity index (χ2v) is 9.20. The van der Waals surface area contributed by atoms with Crippen molar-refractivity contribution in [1.29, 1.82) is 0 Å². The highest BCUT2D eigenvalue weighted by molar-refractivity contribution is 5.92. The minimum Gasteiger partial charge on any atom is -0.292 e. The number of rotatable bonds is 5. The van der Waals surface area contributed by atoms with Crippen molar-refractivity contribution in [3.05, 3.63) is 35.9 Å². The van der Waals surface area contributed by atoms with Crippen LogP contribution in [0.15, 0.2) is 35.4 Å². The number of benzene rings is 1. The number of hydrogen-bond donors (Lipinski definition) is 0. The maximum Gasteiger partial charge on any atom is 0.0527 e. The van der Waals surface area contributed by atoms with Crippen molar-refractivity contribution < 1.29 is 0 Å². The molecule has 2 heteroatoms. The van der Waals surface area contributed by atoms with E-state index in [1.165, 1.54) is 62.6 Å². The van der Waals surface area contributed by atoms with Crippen molar-refractivity contribution >= 4 is 5.71 Å². The zero-order valence-electron chi connectivity index (χ0n) is 15.6. The average Bonchev–Trinajstić information content (AvgIpc) is 3.03. The van der Waals surface area contributed by atoms with E-state index in [1.54, 1.807) is 0 Å². The van der Waals surface area contributed by atoms with Crippen molar-refractivity contribution in [2.45, 2.75) is 70.3 Å². The van der Waals surface area contributed by atoms with Crippen LogP contribution in [0.1, 0.15) is 69.8 Å². The summed E-state index contributed by atoms with van der Waals surface area (Å²) >= 11 is 0. The summed E-state index contributed by atoms with van der Waals surface area (Å²) < 4.78 is 0. The number of unbranched alkanes of at least 4 members (excludes halogenated alkanes) is 1. The standard InChI is InChI=1S/C23H32N2/c1-2-3-9-22-21(18-7-5-4-6-8-18)15-25(24-22)23-19-11-16-10-17(13-19)14-20(23)12-16/h4-8,16-17,19-21,23H,2-3,9-15H2,1H3. The van der Waals surface area contributed by atoms with Crippen molar-refractivity contribution in [2.75, 3.05) is 6.54 Å². The molecule has 1 heterocycles. The summed E-state index contributed by atoms with van der Waals surface area (Å²) in [6.07, 6.45) is 11.2. The fourth-order valence-electron chi connectivity index (χ4n) is 6.70. The molecule has 0 amide bonds. The SMILES string of the molecule is CCCCC1=NN(C2C3CC4CC(C3)CC2C4)CC1c1ccccc1. The van der Waals surface area contributed by atoms with Gasteiger partial charge < -0.3 is 0 Å². The molecule has 1 aliphatic heterocycles. The maximum atomic E-state index is 5.28. The van der Waals surface area contributed by atoms with Crippen LogP contribution in [-0.2, 0) is 0 Å². The summed E-state index contributed by atoms with van der Waals surface area (Å²) in [7, 11) is 0. The van der Waals surface area contributed by atoms with Gasteiger partial charge >= 0.3 is 0 Å². The largest absolute Gasteiger partial charge is 0.292 e. The van der Waals surface area contributed by atoms with Crippen molar-refractivity contribution in [2.24, 2.45) is 28.8 Å². The minimum atomic E-state index is 0.532. The van der Waals surface area contributed by atoms with Crippen molar-refractivity contribution in [3.8, 4) is 0 Å². The lowest BCUT2D eigenvalue weighted by Gasteiger charge is -2.56. The van der Waals surface area contributed by atoms with Gasteiger partial charge in [0.05, 0.1) is 6.04 Å². The Balaban J connectivity index is 1.40. The van der Waals surface area contributed by atoms with E-state index in [0.717, 1.165) is 36.3 Å². The summed E-state index contributed by atoms with van der Waals surface area (Å²) in [6, 6.07) is 11.9. The van der Waals surface area contributed by atoms with Gasteiger partial charge in [-0.25, -0.2) is 0 Å². The van der Waals surface area contributed by atoms with E-state index in [-0.39, 0.29) is 0 Å². The Morgan fingerprint density at radius 2 is 1.64 bits per heavy atom. The van der Waals surface area contributed by atoms with Crippen LogP contribution in [0.25, 0.3) is 0 Å². The van der Waals surface area contributed by atoms with Crippen LogP contribution >= 0.6 is 0 Å². The normalized spacial score (nSPS) is 39.1. The number of nitrogens with zero attached hydrogens (tertiary/aromatic N) is 2. The molecule has 5 aliphatic rings. The van der Waals surface area contributed by atoms with E-state index in [2.05, 4.69) is 42.3 Å². The van der Waals surface area contributed by atoms with Gasteiger partial charge in [0, 0.05) is 18.2 Å². The Bertz CT molecular complexity index is 607. The molecule has 0 N–H and O–H groups in total. The molecule has 134 valence electrons. The van der Waals surface area contributed by atoms with Gasteiger partial charge in [0.25, 0.3) is 0 Å². The first-order valence-corrected chi connectivity index (χ1v) is 10.7. The zero-order valence-corrected chi connectivity index (χ0v) is 15.6. The molecule has 1 atom stereocenters. The third-order valence-electron chi connectivity index (χ3n) is 7.54. The zero-order chi connectivity index (χ0) is 16.8. The molecule has 0 spiro atoms. The van der Waals surface area contributed by atoms with Crippen LogP contribution in [0.4, 0.5) is 0 Å². The van der Waals surface area contributed by atoms with Gasteiger partial charge in [0.1, 0.15) is 0 Å². The van der Waals surface area contributed by atoms with Crippen LogP contribution in [-0.4, -0.2) is 23.3 Å². The Hall–Kier alpha value is -1.31. The predicted molar refractivity (Wildman–Crippen MR) is 104 cm³/mol. The summed E-state index contributed by atoms with van der Waals surface area (Å²) in [5.74, 6) is 4.50. The molecule has 25 heavy (non-hydrogen) atoms. The molecule has 4 bridgehead atoms. The van der Waals surface area contributed by atoms with E-state index in [1.807, 2.05) is 0 Å². The molecule has 0 saturated heterocycles. The Kier molecular flexibility index (Phi) is 4.10. The maximum absolute atomic E-state index is 5.28. The van der Waals surface area contributed by atoms with Crippen molar-refractivity contribution in [3.63, 3.8) is 0 Å². The minimum absolute atomic E-state index is 0.532. The molecule has 4 aliphatic carbocycles. The highest BCUT2D eigenvalue weighted by atomic mass is 15.5. The summed E-state index contributed by atoms with van der Waals surface area (Å²) in [6.45, 7) is 3.43. The van der Waals surface area contributed by atoms with Gasteiger partial charge in [-0.05, 0) is 74.2 Å². The lowest BCUT2D eigenvalue weighted by molar-refractivity contribution is -0.0622. The predicted octanol–water partition coefficient (Wildman–Crippen LogP) is 5.46. The molecule has 1 unspecified atom stereocenters. The van der Waals surface area contributed by atoms with E-state index in [4.69, 9.17) is 5.10 Å². The first kappa shape index (κ1) is 15.9.